The SMILES string of the molecule is CN(CC1CCCCC1)C(=O)Cc1cccc(C(=O)O)c1. The van der Waals surface area contributed by atoms with Gasteiger partial charge in [-0.05, 0) is 36.5 Å². The van der Waals surface area contributed by atoms with E-state index >= 15 is 0 Å². The predicted molar refractivity (Wildman–Crippen MR) is 81.3 cm³/mol. The van der Waals surface area contributed by atoms with Gasteiger partial charge in [0, 0.05) is 13.6 Å². The zero-order valence-corrected chi connectivity index (χ0v) is 12.5. The molecule has 1 aromatic rings. The number of hydrogen-bond donors (Lipinski definition) is 1. The van der Waals surface area contributed by atoms with Crippen LogP contribution in [0.2, 0.25) is 0 Å². The van der Waals surface area contributed by atoms with Gasteiger partial charge in [0.25, 0.3) is 0 Å². The van der Waals surface area contributed by atoms with Gasteiger partial charge < -0.3 is 10.0 Å². The Morgan fingerprint density at radius 1 is 1.24 bits per heavy atom. The molecule has 1 amide bonds. The molecule has 0 unspecified atom stereocenters. The Labute approximate surface area is 125 Å². The maximum absolute atomic E-state index is 12.2. The molecule has 1 aliphatic rings. The average molecular weight is 289 g/mol. The first-order valence-electron chi connectivity index (χ1n) is 7.62. The molecule has 0 saturated heterocycles. The second kappa shape index (κ2) is 7.25. The Morgan fingerprint density at radius 3 is 2.62 bits per heavy atom. The molecule has 0 atom stereocenters. The third-order valence-corrected chi connectivity index (χ3v) is 4.21. The quantitative estimate of drug-likeness (QED) is 0.906. The van der Waals surface area contributed by atoms with Gasteiger partial charge in [0.15, 0.2) is 0 Å². The number of aromatic carboxylic acids is 1. The first kappa shape index (κ1) is 15.5. The highest BCUT2D eigenvalue weighted by atomic mass is 16.4. The molecule has 1 saturated carbocycles. The molecule has 0 aromatic heterocycles. The first-order valence-corrected chi connectivity index (χ1v) is 7.62. The van der Waals surface area contributed by atoms with E-state index in [1.54, 1.807) is 29.2 Å². The van der Waals surface area contributed by atoms with Crippen LogP contribution in [-0.4, -0.2) is 35.5 Å². The third kappa shape index (κ3) is 4.59. The Hall–Kier alpha value is -1.84. The van der Waals surface area contributed by atoms with E-state index in [0.717, 1.165) is 12.1 Å². The molecule has 1 fully saturated rings. The van der Waals surface area contributed by atoms with Crippen molar-refractivity contribution in [2.75, 3.05) is 13.6 Å². The summed E-state index contributed by atoms with van der Waals surface area (Å²) in [7, 11) is 1.85. The summed E-state index contributed by atoms with van der Waals surface area (Å²) in [6.45, 7) is 0.817. The number of benzene rings is 1. The van der Waals surface area contributed by atoms with Crippen LogP contribution in [0.5, 0.6) is 0 Å². The smallest absolute Gasteiger partial charge is 0.335 e. The van der Waals surface area contributed by atoms with Crippen LogP contribution in [0.3, 0.4) is 0 Å². The van der Waals surface area contributed by atoms with Gasteiger partial charge in [0.1, 0.15) is 0 Å². The van der Waals surface area contributed by atoms with Crippen LogP contribution < -0.4 is 0 Å². The molecule has 0 radical (unpaired) electrons. The lowest BCUT2D eigenvalue weighted by Gasteiger charge is -2.27. The van der Waals surface area contributed by atoms with Crippen LogP contribution in [0.15, 0.2) is 24.3 Å². The molecular weight excluding hydrogens is 266 g/mol. The molecule has 4 nitrogen and oxygen atoms in total. The zero-order chi connectivity index (χ0) is 15.2. The van der Waals surface area contributed by atoms with E-state index in [1.165, 1.54) is 32.1 Å². The second-order valence-corrected chi connectivity index (χ2v) is 5.96. The van der Waals surface area contributed by atoms with Crippen molar-refractivity contribution in [3.05, 3.63) is 35.4 Å². The maximum Gasteiger partial charge on any atom is 0.335 e. The minimum atomic E-state index is -0.958. The number of nitrogens with zero attached hydrogens (tertiary/aromatic N) is 1. The summed E-state index contributed by atoms with van der Waals surface area (Å²) in [6, 6.07) is 6.61. The zero-order valence-electron chi connectivity index (χ0n) is 12.5. The number of rotatable bonds is 5. The predicted octanol–water partition coefficient (Wildman–Crippen LogP) is 2.97. The normalized spacial score (nSPS) is 15.7. The van der Waals surface area contributed by atoms with Crippen molar-refractivity contribution in [1.82, 2.24) is 4.90 Å². The summed E-state index contributed by atoms with van der Waals surface area (Å²) in [5.41, 5.74) is 0.991. The van der Waals surface area contributed by atoms with Crippen LogP contribution in [0.25, 0.3) is 0 Å². The van der Waals surface area contributed by atoms with Gasteiger partial charge >= 0.3 is 5.97 Å². The molecule has 1 aliphatic carbocycles. The number of carbonyl (C=O) groups is 2. The van der Waals surface area contributed by atoms with Gasteiger partial charge in [-0.15, -0.1) is 0 Å². The number of likely N-dealkylation sites (N-methyl/N-ethyl adjacent to an activating group) is 1. The van der Waals surface area contributed by atoms with Gasteiger partial charge in [0.05, 0.1) is 12.0 Å². The lowest BCUT2D eigenvalue weighted by molar-refractivity contribution is -0.129. The van der Waals surface area contributed by atoms with E-state index < -0.39 is 5.97 Å². The summed E-state index contributed by atoms with van der Waals surface area (Å²) in [5, 5.41) is 8.97. The molecule has 0 heterocycles. The highest BCUT2D eigenvalue weighted by molar-refractivity contribution is 5.88. The summed E-state index contributed by atoms with van der Waals surface area (Å²) in [4.78, 5) is 25.0. The molecule has 4 heteroatoms. The van der Waals surface area contributed by atoms with Gasteiger partial charge in [0.2, 0.25) is 5.91 Å². The third-order valence-electron chi connectivity index (χ3n) is 4.21. The van der Waals surface area contributed by atoms with E-state index in [0.29, 0.717) is 5.92 Å². The van der Waals surface area contributed by atoms with E-state index in [9.17, 15) is 9.59 Å². The van der Waals surface area contributed by atoms with Crippen molar-refractivity contribution in [3.63, 3.8) is 0 Å². The molecule has 0 spiro atoms. The number of hydrogen-bond acceptors (Lipinski definition) is 2. The minimum Gasteiger partial charge on any atom is -0.478 e. The number of carboxylic acid groups (broad SMARTS) is 1. The fourth-order valence-corrected chi connectivity index (χ4v) is 2.98. The Morgan fingerprint density at radius 2 is 1.95 bits per heavy atom. The van der Waals surface area contributed by atoms with Gasteiger partial charge in [-0.1, -0.05) is 31.4 Å². The Balaban J connectivity index is 1.90. The second-order valence-electron chi connectivity index (χ2n) is 5.96. The monoisotopic (exact) mass is 289 g/mol. The fourth-order valence-electron chi connectivity index (χ4n) is 2.98. The van der Waals surface area contributed by atoms with E-state index in [4.69, 9.17) is 5.11 Å². The molecule has 0 aliphatic heterocycles. The van der Waals surface area contributed by atoms with Crippen molar-refractivity contribution >= 4 is 11.9 Å². The Kier molecular flexibility index (Phi) is 5.37. The number of carboxylic acids is 1. The van der Waals surface area contributed by atoms with Crippen molar-refractivity contribution in [2.45, 2.75) is 38.5 Å². The molecule has 114 valence electrons. The average Bonchev–Trinajstić information content (AvgIpc) is 2.48. The summed E-state index contributed by atoms with van der Waals surface area (Å²) in [6.07, 6.45) is 6.55. The topological polar surface area (TPSA) is 57.6 Å². The maximum atomic E-state index is 12.2. The van der Waals surface area contributed by atoms with Crippen LogP contribution in [0, 0.1) is 5.92 Å². The largest absolute Gasteiger partial charge is 0.478 e. The molecule has 1 aromatic carbocycles. The van der Waals surface area contributed by atoms with Crippen molar-refractivity contribution in [2.24, 2.45) is 5.92 Å². The highest BCUT2D eigenvalue weighted by Crippen LogP contribution is 2.24. The van der Waals surface area contributed by atoms with Crippen LogP contribution in [0.1, 0.15) is 48.0 Å². The molecule has 2 rings (SSSR count). The molecule has 0 bridgehead atoms. The van der Waals surface area contributed by atoms with Crippen LogP contribution in [-0.2, 0) is 11.2 Å². The lowest BCUT2D eigenvalue weighted by atomic mass is 9.89. The van der Waals surface area contributed by atoms with Gasteiger partial charge in [-0.25, -0.2) is 4.79 Å². The fraction of sp³-hybridized carbons (Fsp3) is 0.529. The standard InChI is InChI=1S/C17H23NO3/c1-18(12-13-6-3-2-4-7-13)16(19)11-14-8-5-9-15(10-14)17(20)21/h5,8-10,13H,2-4,6-7,11-12H2,1H3,(H,20,21). The van der Waals surface area contributed by atoms with Crippen molar-refractivity contribution in [1.29, 1.82) is 0 Å². The lowest BCUT2D eigenvalue weighted by Crippen LogP contribution is -2.33. The van der Waals surface area contributed by atoms with E-state index in [2.05, 4.69) is 0 Å². The van der Waals surface area contributed by atoms with Gasteiger partial charge in [-0.2, -0.15) is 0 Å². The minimum absolute atomic E-state index is 0.0584. The van der Waals surface area contributed by atoms with E-state index in [-0.39, 0.29) is 17.9 Å². The highest BCUT2D eigenvalue weighted by Gasteiger charge is 2.18. The Bertz CT molecular complexity index is 507. The van der Waals surface area contributed by atoms with Crippen molar-refractivity contribution in [3.8, 4) is 0 Å². The first-order chi connectivity index (χ1) is 10.1. The summed E-state index contributed by atoms with van der Waals surface area (Å²) < 4.78 is 0. The molecule has 1 N–H and O–H groups in total. The number of amides is 1. The molecular formula is C17H23NO3. The van der Waals surface area contributed by atoms with Crippen LogP contribution >= 0.6 is 0 Å². The summed E-state index contributed by atoms with van der Waals surface area (Å²) in [5.74, 6) is -0.277. The number of carbonyl (C=O) groups excluding carboxylic acids is 1. The molecule has 21 heavy (non-hydrogen) atoms. The van der Waals surface area contributed by atoms with Crippen LogP contribution in [0.4, 0.5) is 0 Å². The van der Waals surface area contributed by atoms with Crippen molar-refractivity contribution < 1.29 is 14.7 Å². The van der Waals surface area contributed by atoms with E-state index in [1.807, 2.05) is 7.05 Å². The summed E-state index contributed by atoms with van der Waals surface area (Å²) >= 11 is 0. The van der Waals surface area contributed by atoms with Gasteiger partial charge in [-0.3, -0.25) is 4.79 Å².